The van der Waals surface area contributed by atoms with Gasteiger partial charge in [0.05, 0.1) is 5.69 Å². The SMILES string of the molecule is Cc1nc(-c2ccc(N)cc2)c[nH]c1=O. The maximum Gasteiger partial charge on any atom is 0.269 e. The zero-order valence-electron chi connectivity index (χ0n) is 8.32. The van der Waals surface area contributed by atoms with Gasteiger partial charge in [0.2, 0.25) is 0 Å². The van der Waals surface area contributed by atoms with E-state index in [0.29, 0.717) is 11.4 Å². The van der Waals surface area contributed by atoms with Crippen molar-refractivity contribution in [3.05, 3.63) is 46.5 Å². The number of rotatable bonds is 1. The average molecular weight is 201 g/mol. The third kappa shape index (κ3) is 1.88. The maximum absolute atomic E-state index is 11.1. The molecular formula is C11H11N3O. The molecule has 1 aromatic carbocycles. The Hall–Kier alpha value is -2.10. The minimum Gasteiger partial charge on any atom is -0.399 e. The second-order valence-corrected chi connectivity index (χ2v) is 3.32. The molecule has 4 nitrogen and oxygen atoms in total. The van der Waals surface area contributed by atoms with Gasteiger partial charge in [0.1, 0.15) is 5.69 Å². The summed E-state index contributed by atoms with van der Waals surface area (Å²) in [5.74, 6) is 0. The molecule has 0 amide bonds. The number of anilines is 1. The molecule has 0 saturated heterocycles. The highest BCUT2D eigenvalue weighted by Crippen LogP contribution is 2.16. The van der Waals surface area contributed by atoms with E-state index in [1.165, 1.54) is 0 Å². The fraction of sp³-hybridized carbons (Fsp3) is 0.0909. The van der Waals surface area contributed by atoms with E-state index in [-0.39, 0.29) is 5.56 Å². The molecule has 4 heteroatoms. The lowest BCUT2D eigenvalue weighted by Crippen LogP contribution is -2.11. The monoisotopic (exact) mass is 201 g/mol. The molecule has 0 fully saturated rings. The number of nitrogen functional groups attached to an aromatic ring is 1. The van der Waals surface area contributed by atoms with Crippen LogP contribution in [0.3, 0.4) is 0 Å². The molecular weight excluding hydrogens is 190 g/mol. The molecule has 1 heterocycles. The Labute approximate surface area is 86.8 Å². The number of H-pyrrole nitrogens is 1. The van der Waals surface area contributed by atoms with Gasteiger partial charge in [-0.25, -0.2) is 4.98 Å². The quantitative estimate of drug-likeness (QED) is 0.683. The summed E-state index contributed by atoms with van der Waals surface area (Å²) < 4.78 is 0. The van der Waals surface area contributed by atoms with Crippen LogP contribution in [0.4, 0.5) is 5.69 Å². The molecule has 0 spiro atoms. The summed E-state index contributed by atoms with van der Waals surface area (Å²) >= 11 is 0. The summed E-state index contributed by atoms with van der Waals surface area (Å²) in [6, 6.07) is 7.35. The highest BCUT2D eigenvalue weighted by molar-refractivity contribution is 5.60. The van der Waals surface area contributed by atoms with Crippen LogP contribution < -0.4 is 11.3 Å². The molecule has 0 saturated carbocycles. The van der Waals surface area contributed by atoms with Crippen molar-refractivity contribution in [2.24, 2.45) is 0 Å². The Morgan fingerprint density at radius 1 is 1.27 bits per heavy atom. The summed E-state index contributed by atoms with van der Waals surface area (Å²) in [5, 5.41) is 0. The molecule has 0 atom stereocenters. The molecule has 2 rings (SSSR count). The molecule has 76 valence electrons. The summed E-state index contributed by atoms with van der Waals surface area (Å²) in [6.07, 6.45) is 1.60. The lowest BCUT2D eigenvalue weighted by atomic mass is 10.1. The van der Waals surface area contributed by atoms with E-state index in [4.69, 9.17) is 5.73 Å². The fourth-order valence-electron chi connectivity index (χ4n) is 1.30. The Morgan fingerprint density at radius 2 is 1.93 bits per heavy atom. The standard InChI is InChI=1S/C11H11N3O/c1-7-11(15)13-6-10(14-7)8-2-4-9(12)5-3-8/h2-6H,12H2,1H3,(H,13,15). The van der Waals surface area contributed by atoms with Crippen LogP contribution in [0.5, 0.6) is 0 Å². The number of aromatic amines is 1. The largest absolute Gasteiger partial charge is 0.399 e. The van der Waals surface area contributed by atoms with Gasteiger partial charge in [-0.3, -0.25) is 4.79 Å². The average Bonchev–Trinajstić information content (AvgIpc) is 2.23. The first kappa shape index (κ1) is 9.45. The van der Waals surface area contributed by atoms with E-state index in [9.17, 15) is 4.79 Å². The molecule has 0 bridgehead atoms. The van der Waals surface area contributed by atoms with Gasteiger partial charge in [-0.15, -0.1) is 0 Å². The van der Waals surface area contributed by atoms with E-state index in [2.05, 4.69) is 9.97 Å². The number of aromatic nitrogens is 2. The summed E-state index contributed by atoms with van der Waals surface area (Å²) in [4.78, 5) is 17.9. The van der Waals surface area contributed by atoms with Gasteiger partial charge in [0.15, 0.2) is 0 Å². The molecule has 1 aromatic heterocycles. The first-order chi connectivity index (χ1) is 7.16. The Morgan fingerprint density at radius 3 is 2.53 bits per heavy atom. The highest BCUT2D eigenvalue weighted by atomic mass is 16.1. The van der Waals surface area contributed by atoms with Crippen LogP contribution in [0, 0.1) is 6.92 Å². The molecule has 3 N–H and O–H groups in total. The van der Waals surface area contributed by atoms with Crippen LogP contribution in [0.2, 0.25) is 0 Å². The number of nitrogens with two attached hydrogens (primary N) is 1. The Bertz CT molecular complexity index is 528. The fourth-order valence-corrected chi connectivity index (χ4v) is 1.30. The van der Waals surface area contributed by atoms with Crippen molar-refractivity contribution in [1.82, 2.24) is 9.97 Å². The van der Waals surface area contributed by atoms with Gasteiger partial charge in [-0.2, -0.15) is 0 Å². The van der Waals surface area contributed by atoms with Crippen LogP contribution >= 0.6 is 0 Å². The van der Waals surface area contributed by atoms with Crippen molar-refractivity contribution in [2.75, 3.05) is 5.73 Å². The van der Waals surface area contributed by atoms with E-state index < -0.39 is 0 Å². The van der Waals surface area contributed by atoms with E-state index in [1.54, 1.807) is 25.3 Å². The molecule has 0 aliphatic carbocycles. The van der Waals surface area contributed by atoms with Gasteiger partial charge in [-0.1, -0.05) is 12.1 Å². The molecule has 0 unspecified atom stereocenters. The molecule has 0 radical (unpaired) electrons. The van der Waals surface area contributed by atoms with Crippen LogP contribution in [0.25, 0.3) is 11.3 Å². The predicted octanol–water partition coefficient (Wildman–Crippen LogP) is 1.33. The second kappa shape index (κ2) is 3.57. The normalized spacial score (nSPS) is 10.2. The van der Waals surface area contributed by atoms with E-state index in [1.807, 2.05) is 12.1 Å². The van der Waals surface area contributed by atoms with Crippen molar-refractivity contribution in [1.29, 1.82) is 0 Å². The minimum atomic E-state index is -0.158. The van der Waals surface area contributed by atoms with Gasteiger partial charge in [0.25, 0.3) is 5.56 Å². The lowest BCUT2D eigenvalue weighted by molar-refractivity contribution is 1.07. The predicted molar refractivity (Wildman–Crippen MR) is 59.4 cm³/mol. The lowest BCUT2D eigenvalue weighted by Gasteiger charge is -2.01. The highest BCUT2D eigenvalue weighted by Gasteiger charge is 2.01. The van der Waals surface area contributed by atoms with Crippen LogP contribution in [0.1, 0.15) is 5.69 Å². The number of nitrogens with one attached hydrogen (secondary N) is 1. The van der Waals surface area contributed by atoms with Gasteiger partial charge in [0, 0.05) is 17.4 Å². The van der Waals surface area contributed by atoms with Gasteiger partial charge in [-0.05, 0) is 19.1 Å². The number of nitrogens with zero attached hydrogens (tertiary/aromatic N) is 1. The maximum atomic E-state index is 11.1. The van der Waals surface area contributed by atoms with Crippen LogP contribution in [0.15, 0.2) is 35.3 Å². The first-order valence-electron chi connectivity index (χ1n) is 4.59. The number of hydrogen-bond donors (Lipinski definition) is 2. The Balaban J connectivity index is 2.50. The van der Waals surface area contributed by atoms with Crippen molar-refractivity contribution >= 4 is 5.69 Å². The van der Waals surface area contributed by atoms with Crippen molar-refractivity contribution in [3.63, 3.8) is 0 Å². The van der Waals surface area contributed by atoms with Gasteiger partial charge >= 0.3 is 0 Å². The Kier molecular flexibility index (Phi) is 2.25. The minimum absolute atomic E-state index is 0.158. The molecule has 0 aliphatic rings. The smallest absolute Gasteiger partial charge is 0.269 e. The molecule has 2 aromatic rings. The number of hydrogen-bond acceptors (Lipinski definition) is 3. The van der Waals surface area contributed by atoms with Crippen LogP contribution in [-0.2, 0) is 0 Å². The molecule has 15 heavy (non-hydrogen) atoms. The van der Waals surface area contributed by atoms with Crippen molar-refractivity contribution in [3.8, 4) is 11.3 Å². The van der Waals surface area contributed by atoms with Crippen molar-refractivity contribution < 1.29 is 0 Å². The molecule has 0 aliphatic heterocycles. The third-order valence-corrected chi connectivity index (χ3v) is 2.16. The van der Waals surface area contributed by atoms with Gasteiger partial charge < -0.3 is 10.7 Å². The van der Waals surface area contributed by atoms with E-state index in [0.717, 1.165) is 11.3 Å². The van der Waals surface area contributed by atoms with Crippen LogP contribution in [-0.4, -0.2) is 9.97 Å². The summed E-state index contributed by atoms with van der Waals surface area (Å²) in [7, 11) is 0. The van der Waals surface area contributed by atoms with E-state index >= 15 is 0 Å². The summed E-state index contributed by atoms with van der Waals surface area (Å²) in [5.41, 5.74) is 8.27. The summed E-state index contributed by atoms with van der Waals surface area (Å²) in [6.45, 7) is 1.68. The third-order valence-electron chi connectivity index (χ3n) is 2.16. The number of benzene rings is 1. The zero-order valence-corrected chi connectivity index (χ0v) is 8.32. The first-order valence-corrected chi connectivity index (χ1v) is 4.59. The number of aryl methyl sites for hydroxylation is 1. The topological polar surface area (TPSA) is 71.8 Å². The van der Waals surface area contributed by atoms with Crippen molar-refractivity contribution in [2.45, 2.75) is 6.92 Å². The second-order valence-electron chi connectivity index (χ2n) is 3.32. The zero-order chi connectivity index (χ0) is 10.8.